The Morgan fingerprint density at radius 3 is 3.14 bits per heavy atom. The number of piperidine rings is 1. The molecule has 0 spiro atoms. The maximum absolute atomic E-state index is 13.5. The Morgan fingerprint density at radius 1 is 1.31 bits per heavy atom. The number of benzene rings is 1. The maximum Gasteiger partial charge on any atom is 0.268 e. The molecule has 0 amide bonds. The fourth-order valence-corrected chi connectivity index (χ4v) is 4.48. The molecule has 29 heavy (non-hydrogen) atoms. The van der Waals surface area contributed by atoms with Gasteiger partial charge in [0.2, 0.25) is 11.7 Å². The van der Waals surface area contributed by atoms with Gasteiger partial charge in [-0.25, -0.2) is 9.37 Å². The van der Waals surface area contributed by atoms with E-state index in [1.165, 1.54) is 23.5 Å². The van der Waals surface area contributed by atoms with Crippen molar-refractivity contribution in [2.45, 2.75) is 25.3 Å². The molecule has 1 aromatic carbocycles. The maximum atomic E-state index is 13.5. The van der Waals surface area contributed by atoms with Crippen molar-refractivity contribution in [3.8, 4) is 11.4 Å². The van der Waals surface area contributed by atoms with Crippen molar-refractivity contribution in [3.05, 3.63) is 63.6 Å². The number of halogens is 1. The van der Waals surface area contributed by atoms with E-state index in [2.05, 4.69) is 25.0 Å². The number of hydrogen-bond donors (Lipinski definition) is 1. The van der Waals surface area contributed by atoms with Gasteiger partial charge < -0.3 is 9.51 Å². The molecule has 0 aliphatic carbocycles. The van der Waals surface area contributed by atoms with Crippen LogP contribution in [0.3, 0.4) is 0 Å². The lowest BCUT2D eigenvalue weighted by Gasteiger charge is -2.30. The van der Waals surface area contributed by atoms with Crippen LogP contribution in [-0.2, 0) is 6.54 Å². The van der Waals surface area contributed by atoms with Gasteiger partial charge in [0.15, 0.2) is 0 Å². The highest BCUT2D eigenvalue weighted by molar-refractivity contribution is 7.17. The first-order valence-electron chi connectivity index (χ1n) is 9.44. The number of rotatable bonds is 4. The normalized spacial score (nSPS) is 17.8. The van der Waals surface area contributed by atoms with E-state index in [9.17, 15) is 9.18 Å². The zero-order valence-electron chi connectivity index (χ0n) is 15.5. The standard InChI is InChI=1S/C20H18FN5O2S/c21-14-5-1-3-12(9-14)18-24-20(28-25-18)13-4-2-7-26(10-13)11-16-22-15-6-8-29-17(15)19(27)23-16/h1,3,5-6,8-9,13H,2,4,7,10-11H2,(H,22,23,27). The van der Waals surface area contributed by atoms with Crippen molar-refractivity contribution >= 4 is 21.6 Å². The molecule has 1 aliphatic heterocycles. The number of aromatic amines is 1. The molecule has 1 unspecified atom stereocenters. The van der Waals surface area contributed by atoms with Crippen LogP contribution in [0.15, 0.2) is 45.0 Å². The van der Waals surface area contributed by atoms with Gasteiger partial charge in [-0.1, -0.05) is 17.3 Å². The van der Waals surface area contributed by atoms with Crippen LogP contribution in [0.4, 0.5) is 4.39 Å². The molecule has 0 bridgehead atoms. The van der Waals surface area contributed by atoms with Gasteiger partial charge in [0.1, 0.15) is 16.3 Å². The molecule has 1 atom stereocenters. The second kappa shape index (κ2) is 7.49. The van der Waals surface area contributed by atoms with Crippen molar-refractivity contribution in [3.63, 3.8) is 0 Å². The number of hydrogen-bond acceptors (Lipinski definition) is 7. The molecule has 1 N–H and O–H groups in total. The third-order valence-electron chi connectivity index (χ3n) is 5.12. The van der Waals surface area contributed by atoms with Gasteiger partial charge in [-0.3, -0.25) is 9.69 Å². The second-order valence-corrected chi connectivity index (χ2v) is 8.10. The third kappa shape index (κ3) is 3.70. The Kier molecular flexibility index (Phi) is 4.69. The molecule has 9 heteroatoms. The lowest BCUT2D eigenvalue weighted by atomic mass is 9.98. The van der Waals surface area contributed by atoms with Gasteiger partial charge in [0.25, 0.3) is 5.56 Å². The summed E-state index contributed by atoms with van der Waals surface area (Å²) in [7, 11) is 0. The average Bonchev–Trinajstić information content (AvgIpc) is 3.38. The summed E-state index contributed by atoms with van der Waals surface area (Å²) >= 11 is 1.40. The van der Waals surface area contributed by atoms with E-state index in [0.29, 0.717) is 34.3 Å². The Labute approximate surface area is 169 Å². The van der Waals surface area contributed by atoms with Gasteiger partial charge in [0, 0.05) is 12.1 Å². The van der Waals surface area contributed by atoms with E-state index >= 15 is 0 Å². The van der Waals surface area contributed by atoms with E-state index in [1.807, 2.05) is 11.4 Å². The first-order chi connectivity index (χ1) is 14.2. The van der Waals surface area contributed by atoms with Gasteiger partial charge in [-0.2, -0.15) is 4.98 Å². The summed E-state index contributed by atoms with van der Waals surface area (Å²) in [4.78, 5) is 26.4. The largest absolute Gasteiger partial charge is 0.339 e. The van der Waals surface area contributed by atoms with Gasteiger partial charge in [-0.15, -0.1) is 11.3 Å². The molecule has 7 nitrogen and oxygen atoms in total. The van der Waals surface area contributed by atoms with Crippen LogP contribution in [-0.4, -0.2) is 38.1 Å². The van der Waals surface area contributed by atoms with Crippen LogP contribution >= 0.6 is 11.3 Å². The van der Waals surface area contributed by atoms with Crippen molar-refractivity contribution in [2.24, 2.45) is 0 Å². The van der Waals surface area contributed by atoms with Crippen LogP contribution in [0.5, 0.6) is 0 Å². The predicted molar refractivity (Wildman–Crippen MR) is 107 cm³/mol. The minimum atomic E-state index is -0.332. The third-order valence-corrected chi connectivity index (χ3v) is 6.02. The highest BCUT2D eigenvalue weighted by Gasteiger charge is 2.27. The highest BCUT2D eigenvalue weighted by atomic mass is 32.1. The predicted octanol–water partition coefficient (Wildman–Crippen LogP) is 3.55. The van der Waals surface area contributed by atoms with Crippen LogP contribution in [0.1, 0.15) is 30.5 Å². The summed E-state index contributed by atoms with van der Waals surface area (Å²) in [6.45, 7) is 2.20. The van der Waals surface area contributed by atoms with Crippen molar-refractivity contribution in [1.29, 1.82) is 0 Å². The quantitative estimate of drug-likeness (QED) is 0.553. The van der Waals surface area contributed by atoms with Crippen LogP contribution in [0.25, 0.3) is 21.6 Å². The van der Waals surface area contributed by atoms with Crippen LogP contribution in [0.2, 0.25) is 0 Å². The number of fused-ring (bicyclic) bond motifs is 1. The zero-order valence-corrected chi connectivity index (χ0v) is 16.3. The summed E-state index contributed by atoms with van der Waals surface area (Å²) in [6.07, 6.45) is 1.92. The SMILES string of the molecule is O=c1[nH]c(CN2CCCC(c3nc(-c4cccc(F)c4)no3)C2)nc2ccsc12. The molecule has 1 aliphatic rings. The van der Waals surface area contributed by atoms with Crippen molar-refractivity contribution < 1.29 is 8.91 Å². The first kappa shape index (κ1) is 18.1. The van der Waals surface area contributed by atoms with Gasteiger partial charge in [0.05, 0.1) is 18.0 Å². The molecule has 1 saturated heterocycles. The highest BCUT2D eigenvalue weighted by Crippen LogP contribution is 2.28. The fourth-order valence-electron chi connectivity index (χ4n) is 3.75. The molecule has 4 heterocycles. The van der Waals surface area contributed by atoms with Crippen molar-refractivity contribution in [1.82, 2.24) is 25.0 Å². The second-order valence-electron chi connectivity index (χ2n) is 7.19. The molecular weight excluding hydrogens is 393 g/mol. The summed E-state index contributed by atoms with van der Waals surface area (Å²) < 4.78 is 19.6. The molecule has 0 saturated carbocycles. The van der Waals surface area contributed by atoms with Crippen molar-refractivity contribution in [2.75, 3.05) is 13.1 Å². The topological polar surface area (TPSA) is 87.9 Å². The first-order valence-corrected chi connectivity index (χ1v) is 10.3. The lowest BCUT2D eigenvalue weighted by Crippen LogP contribution is -2.35. The number of aromatic nitrogens is 4. The number of thiophene rings is 1. The van der Waals surface area contributed by atoms with Gasteiger partial charge in [-0.05, 0) is 43.0 Å². The Balaban J connectivity index is 1.32. The number of nitrogens with one attached hydrogen (secondary N) is 1. The van der Waals surface area contributed by atoms with E-state index in [1.54, 1.807) is 12.1 Å². The van der Waals surface area contributed by atoms with Crippen LogP contribution in [0, 0.1) is 5.82 Å². The van der Waals surface area contributed by atoms with E-state index in [-0.39, 0.29) is 17.3 Å². The summed E-state index contributed by atoms with van der Waals surface area (Å²) in [5.74, 6) is 1.37. The Bertz CT molecular complexity index is 1220. The molecule has 1 fully saturated rings. The average molecular weight is 411 g/mol. The van der Waals surface area contributed by atoms with Crippen LogP contribution < -0.4 is 5.56 Å². The molecule has 5 rings (SSSR count). The minimum Gasteiger partial charge on any atom is -0.339 e. The van der Waals surface area contributed by atoms with Gasteiger partial charge >= 0.3 is 0 Å². The molecular formula is C20H18FN5O2S. The van der Waals surface area contributed by atoms with E-state index < -0.39 is 0 Å². The fraction of sp³-hybridized carbons (Fsp3) is 0.300. The number of nitrogens with zero attached hydrogens (tertiary/aromatic N) is 4. The summed E-state index contributed by atoms with van der Waals surface area (Å²) in [5, 5.41) is 5.90. The Hall–Kier alpha value is -2.91. The number of H-pyrrole nitrogens is 1. The molecule has 0 radical (unpaired) electrons. The molecule has 148 valence electrons. The molecule has 4 aromatic rings. The summed E-state index contributed by atoms with van der Waals surface area (Å²) in [6, 6.07) is 8.03. The van der Waals surface area contributed by atoms with E-state index in [0.717, 1.165) is 31.4 Å². The zero-order chi connectivity index (χ0) is 19.8. The smallest absolute Gasteiger partial charge is 0.268 e. The monoisotopic (exact) mass is 411 g/mol. The lowest BCUT2D eigenvalue weighted by molar-refractivity contribution is 0.177. The summed E-state index contributed by atoms with van der Waals surface area (Å²) in [5.41, 5.74) is 1.24. The Morgan fingerprint density at radius 2 is 2.24 bits per heavy atom. The molecule has 3 aromatic heterocycles. The minimum absolute atomic E-state index is 0.0924. The number of likely N-dealkylation sites (tertiary alicyclic amines) is 1. The van der Waals surface area contributed by atoms with E-state index in [4.69, 9.17) is 4.52 Å².